The third-order valence-corrected chi connectivity index (χ3v) is 6.18. The number of rotatable bonds is 8. The van der Waals surface area contributed by atoms with Crippen molar-refractivity contribution in [2.24, 2.45) is 0 Å². The molecular weight excluding hydrogens is 402 g/mol. The second-order valence-corrected chi connectivity index (χ2v) is 8.87. The van der Waals surface area contributed by atoms with Crippen LogP contribution in [0.1, 0.15) is 36.7 Å². The third-order valence-electron chi connectivity index (χ3n) is 4.46. The smallest absolute Gasteiger partial charge is 0.236 e. The Bertz CT molecular complexity index is 1020. The summed E-state index contributed by atoms with van der Waals surface area (Å²) in [5.41, 5.74) is 4.40. The first-order valence-corrected chi connectivity index (χ1v) is 11.3. The Morgan fingerprint density at radius 3 is 2.79 bits per heavy atom. The molecule has 0 spiro atoms. The van der Waals surface area contributed by atoms with E-state index in [0.717, 1.165) is 22.2 Å². The van der Waals surface area contributed by atoms with Crippen molar-refractivity contribution in [1.29, 1.82) is 0 Å². The zero-order valence-electron chi connectivity index (χ0n) is 17.1. The summed E-state index contributed by atoms with van der Waals surface area (Å²) in [4.78, 5) is 16.9. The van der Waals surface area contributed by atoms with Gasteiger partial charge in [-0.25, -0.2) is 4.98 Å². The first-order valence-electron chi connectivity index (χ1n) is 9.38. The highest BCUT2D eigenvalue weighted by Gasteiger charge is 2.16. The molecule has 8 heteroatoms. The molecule has 0 aliphatic heterocycles. The van der Waals surface area contributed by atoms with Crippen LogP contribution in [0.15, 0.2) is 41.4 Å². The van der Waals surface area contributed by atoms with E-state index >= 15 is 0 Å². The van der Waals surface area contributed by atoms with E-state index in [1.807, 2.05) is 16.0 Å². The number of anilines is 1. The van der Waals surface area contributed by atoms with Crippen molar-refractivity contribution in [3.05, 3.63) is 53.2 Å². The van der Waals surface area contributed by atoms with Crippen molar-refractivity contribution < 1.29 is 4.79 Å². The van der Waals surface area contributed by atoms with E-state index < -0.39 is 0 Å². The molecule has 0 aliphatic rings. The van der Waals surface area contributed by atoms with E-state index in [9.17, 15) is 4.79 Å². The number of allylic oxidation sites excluding steroid dienone is 1. The maximum absolute atomic E-state index is 12.4. The molecule has 1 N–H and O–H groups in total. The maximum Gasteiger partial charge on any atom is 0.236 e. The van der Waals surface area contributed by atoms with Gasteiger partial charge in [0.05, 0.1) is 11.4 Å². The fourth-order valence-electron chi connectivity index (χ4n) is 2.78. The molecule has 0 bridgehead atoms. The second kappa shape index (κ2) is 9.37. The molecule has 6 nitrogen and oxygen atoms in total. The SMILES string of the molecule is C=CCn1c(SCC(=O)Nc2nc(-c3ccc(C)c(C)c3)cs2)nnc1C(C)C. The summed E-state index contributed by atoms with van der Waals surface area (Å²) in [6, 6.07) is 6.26. The van der Waals surface area contributed by atoms with E-state index in [1.165, 1.54) is 34.2 Å². The first-order chi connectivity index (χ1) is 13.9. The zero-order chi connectivity index (χ0) is 21.0. The normalized spacial score (nSPS) is 11.1. The van der Waals surface area contributed by atoms with Gasteiger partial charge in [-0.3, -0.25) is 4.79 Å². The Morgan fingerprint density at radius 2 is 2.10 bits per heavy atom. The number of thiazole rings is 1. The van der Waals surface area contributed by atoms with E-state index in [-0.39, 0.29) is 17.6 Å². The number of nitrogens with zero attached hydrogens (tertiary/aromatic N) is 4. The maximum atomic E-state index is 12.4. The van der Waals surface area contributed by atoms with Crippen LogP contribution >= 0.6 is 23.1 Å². The molecule has 0 saturated heterocycles. The van der Waals surface area contributed by atoms with Gasteiger partial charge in [0, 0.05) is 23.4 Å². The van der Waals surface area contributed by atoms with Gasteiger partial charge in [0.25, 0.3) is 0 Å². The number of carbonyl (C=O) groups excluding carboxylic acids is 1. The summed E-state index contributed by atoms with van der Waals surface area (Å²) >= 11 is 2.79. The lowest BCUT2D eigenvalue weighted by Crippen LogP contribution is -2.14. The highest BCUT2D eigenvalue weighted by atomic mass is 32.2. The second-order valence-electron chi connectivity index (χ2n) is 7.07. The minimum atomic E-state index is -0.116. The molecule has 152 valence electrons. The molecule has 2 heterocycles. The summed E-state index contributed by atoms with van der Waals surface area (Å²) in [5.74, 6) is 1.28. The lowest BCUT2D eigenvalue weighted by atomic mass is 10.1. The first kappa shape index (κ1) is 21.3. The standard InChI is InChI=1S/C21H25N5OS2/c1-6-9-26-19(13(2)3)24-25-21(26)29-12-18(27)23-20-22-17(11-28-20)16-8-7-14(4)15(5)10-16/h6-8,10-11,13H,1,9,12H2,2-5H3,(H,22,23,27). The molecule has 0 saturated carbocycles. The Labute approximate surface area is 179 Å². The van der Waals surface area contributed by atoms with Crippen molar-refractivity contribution in [2.45, 2.75) is 45.3 Å². The Hall–Kier alpha value is -2.45. The molecule has 2 aromatic heterocycles. The third kappa shape index (κ3) is 5.13. The number of thioether (sulfide) groups is 1. The van der Waals surface area contributed by atoms with E-state index in [2.05, 4.69) is 73.0 Å². The number of benzene rings is 1. The van der Waals surface area contributed by atoms with Crippen molar-refractivity contribution in [1.82, 2.24) is 19.7 Å². The van der Waals surface area contributed by atoms with Crippen LogP contribution in [0.2, 0.25) is 0 Å². The number of amides is 1. The van der Waals surface area contributed by atoms with Crippen molar-refractivity contribution in [3.8, 4) is 11.3 Å². The van der Waals surface area contributed by atoms with Crippen LogP contribution in [0.25, 0.3) is 11.3 Å². The largest absolute Gasteiger partial charge is 0.302 e. The minimum absolute atomic E-state index is 0.116. The lowest BCUT2D eigenvalue weighted by Gasteiger charge is -2.09. The van der Waals surface area contributed by atoms with Gasteiger partial charge < -0.3 is 9.88 Å². The summed E-state index contributed by atoms with van der Waals surface area (Å²) in [7, 11) is 0. The summed E-state index contributed by atoms with van der Waals surface area (Å²) in [5, 5.41) is 14.6. The quantitative estimate of drug-likeness (QED) is 0.402. The number of hydrogen-bond acceptors (Lipinski definition) is 6. The molecular formula is C21H25N5OS2. The lowest BCUT2D eigenvalue weighted by molar-refractivity contribution is -0.113. The molecule has 0 radical (unpaired) electrons. The van der Waals surface area contributed by atoms with Crippen LogP contribution in [-0.4, -0.2) is 31.4 Å². The summed E-state index contributed by atoms with van der Waals surface area (Å²) in [6.45, 7) is 12.7. The van der Waals surface area contributed by atoms with E-state index in [0.29, 0.717) is 11.7 Å². The van der Waals surface area contributed by atoms with Crippen molar-refractivity contribution in [2.75, 3.05) is 11.1 Å². The number of aromatic nitrogens is 4. The van der Waals surface area contributed by atoms with Crippen LogP contribution in [0.4, 0.5) is 5.13 Å². The van der Waals surface area contributed by atoms with Gasteiger partial charge in [0.2, 0.25) is 5.91 Å². The molecule has 1 amide bonds. The molecule has 0 fully saturated rings. The van der Waals surface area contributed by atoms with E-state index in [4.69, 9.17) is 0 Å². The topological polar surface area (TPSA) is 72.7 Å². The average molecular weight is 428 g/mol. The molecule has 29 heavy (non-hydrogen) atoms. The predicted octanol–water partition coefficient (Wildman–Crippen LogP) is 5.06. The number of aryl methyl sites for hydroxylation is 2. The average Bonchev–Trinajstić information content (AvgIpc) is 3.30. The van der Waals surface area contributed by atoms with Gasteiger partial charge in [-0.15, -0.1) is 28.1 Å². The van der Waals surface area contributed by atoms with Gasteiger partial charge >= 0.3 is 0 Å². The molecule has 0 unspecified atom stereocenters. The highest BCUT2D eigenvalue weighted by Crippen LogP contribution is 2.27. The summed E-state index contributed by atoms with van der Waals surface area (Å²) < 4.78 is 2.00. The van der Waals surface area contributed by atoms with Gasteiger partial charge in [-0.2, -0.15) is 0 Å². The van der Waals surface area contributed by atoms with Gasteiger partial charge in [0.1, 0.15) is 5.82 Å². The highest BCUT2D eigenvalue weighted by molar-refractivity contribution is 7.99. The fraction of sp³-hybridized carbons (Fsp3) is 0.333. The van der Waals surface area contributed by atoms with Gasteiger partial charge in [-0.1, -0.05) is 43.8 Å². The van der Waals surface area contributed by atoms with Crippen LogP contribution in [0, 0.1) is 13.8 Å². The fourth-order valence-corrected chi connectivity index (χ4v) is 4.28. The van der Waals surface area contributed by atoms with Crippen molar-refractivity contribution >= 4 is 34.1 Å². The van der Waals surface area contributed by atoms with Crippen molar-refractivity contribution in [3.63, 3.8) is 0 Å². The zero-order valence-corrected chi connectivity index (χ0v) is 18.7. The number of carbonyl (C=O) groups is 1. The van der Waals surface area contributed by atoms with E-state index in [1.54, 1.807) is 0 Å². The molecule has 1 aromatic carbocycles. The monoisotopic (exact) mass is 427 g/mol. The molecule has 3 aromatic rings. The van der Waals surface area contributed by atoms with Crippen LogP contribution in [0.5, 0.6) is 0 Å². The molecule has 3 rings (SSSR count). The van der Waals surface area contributed by atoms with Gasteiger partial charge in [-0.05, 0) is 31.0 Å². The van der Waals surface area contributed by atoms with Crippen LogP contribution < -0.4 is 5.32 Å². The Morgan fingerprint density at radius 1 is 1.31 bits per heavy atom. The number of hydrogen-bond donors (Lipinski definition) is 1. The molecule has 0 atom stereocenters. The predicted molar refractivity (Wildman–Crippen MR) is 121 cm³/mol. The molecule has 0 aliphatic carbocycles. The van der Waals surface area contributed by atoms with Crippen LogP contribution in [0.3, 0.4) is 0 Å². The van der Waals surface area contributed by atoms with Crippen LogP contribution in [-0.2, 0) is 11.3 Å². The Balaban J connectivity index is 1.63. The minimum Gasteiger partial charge on any atom is -0.302 e. The summed E-state index contributed by atoms with van der Waals surface area (Å²) in [6.07, 6.45) is 1.81. The number of nitrogens with one attached hydrogen (secondary N) is 1. The Kier molecular flexibility index (Phi) is 6.87. The van der Waals surface area contributed by atoms with Gasteiger partial charge in [0.15, 0.2) is 10.3 Å².